The van der Waals surface area contributed by atoms with E-state index in [2.05, 4.69) is 242 Å². The van der Waals surface area contributed by atoms with Crippen LogP contribution in [0.5, 0.6) is 0 Å². The zero-order valence-corrected chi connectivity index (χ0v) is 36.5. The molecule has 0 aliphatic heterocycles. The Hall–Kier alpha value is -8.34. The third-order valence-corrected chi connectivity index (χ3v) is 13.1. The summed E-state index contributed by atoms with van der Waals surface area (Å²) in [5, 5.41) is 5.01. The SMILES string of the molecule is Cc1ccc(-c2cc(-c3ccc(-c4ccc(-c5ccc(-n6c7ccccc7c7cc(-n8c9ccccc9c9ccccc98)ccc76)cc5)cc4C)cc3)nc(-c3ccc(C)cc3)n2)cc1. The molecular weight excluding hydrogens is 789 g/mol. The van der Waals surface area contributed by atoms with Crippen LogP contribution in [0.2, 0.25) is 0 Å². The highest BCUT2D eigenvalue weighted by Gasteiger charge is 2.17. The maximum atomic E-state index is 5.08. The fourth-order valence-corrected chi connectivity index (χ4v) is 9.67. The summed E-state index contributed by atoms with van der Waals surface area (Å²) in [5.74, 6) is 0.724. The maximum Gasteiger partial charge on any atom is 0.160 e. The molecule has 0 aliphatic carbocycles. The standard InChI is InChI=1S/C61H44N4/c1-39-16-20-44(21-17-39)55-38-56(63-61(62-55)46-22-18-40(2)19-23-46)45-26-24-43(25-27-45)50-34-30-47(36-41(50)3)42-28-31-48(32-29-42)64-59-15-9-6-12-53(59)54-37-49(33-35-60(54)64)65-57-13-7-4-10-51(57)52-11-5-8-14-58(52)65/h4-38H,1-3H3. The number of nitrogens with zero attached hydrogens (tertiary/aromatic N) is 4. The van der Waals surface area contributed by atoms with Gasteiger partial charge < -0.3 is 9.13 Å². The Morgan fingerprint density at radius 1 is 0.308 bits per heavy atom. The first kappa shape index (κ1) is 38.3. The fraction of sp³-hybridized carbons (Fsp3) is 0.0492. The van der Waals surface area contributed by atoms with Crippen LogP contribution in [0.3, 0.4) is 0 Å². The van der Waals surface area contributed by atoms with E-state index in [4.69, 9.17) is 9.97 Å². The van der Waals surface area contributed by atoms with Gasteiger partial charge in [0.05, 0.1) is 33.5 Å². The molecule has 0 aliphatic rings. The average molecular weight is 833 g/mol. The summed E-state index contributed by atoms with van der Waals surface area (Å²) in [6.45, 7) is 6.42. The van der Waals surface area contributed by atoms with Gasteiger partial charge in [0, 0.05) is 49.6 Å². The van der Waals surface area contributed by atoms with Crippen LogP contribution in [0.4, 0.5) is 0 Å². The van der Waals surface area contributed by atoms with Crippen LogP contribution in [0.15, 0.2) is 212 Å². The number of hydrogen-bond donors (Lipinski definition) is 0. The highest BCUT2D eigenvalue weighted by molar-refractivity contribution is 6.12. The maximum absolute atomic E-state index is 5.08. The van der Waals surface area contributed by atoms with Gasteiger partial charge in [0.25, 0.3) is 0 Å². The van der Waals surface area contributed by atoms with Crippen molar-refractivity contribution in [2.24, 2.45) is 0 Å². The Balaban J connectivity index is 0.847. The number of rotatable bonds is 7. The molecule has 3 aromatic heterocycles. The third kappa shape index (κ3) is 6.70. The molecule has 0 radical (unpaired) electrons. The molecule has 65 heavy (non-hydrogen) atoms. The second-order valence-electron chi connectivity index (χ2n) is 17.3. The fourth-order valence-electron chi connectivity index (χ4n) is 9.67. The van der Waals surface area contributed by atoms with Crippen molar-refractivity contribution in [2.75, 3.05) is 0 Å². The van der Waals surface area contributed by atoms with Gasteiger partial charge in [0.1, 0.15) is 0 Å². The number of aryl methyl sites for hydroxylation is 3. The van der Waals surface area contributed by atoms with E-state index < -0.39 is 0 Å². The Morgan fingerprint density at radius 2 is 0.738 bits per heavy atom. The Morgan fingerprint density at radius 3 is 1.31 bits per heavy atom. The first-order chi connectivity index (χ1) is 31.9. The van der Waals surface area contributed by atoms with Gasteiger partial charge in [-0.3, -0.25) is 0 Å². The highest BCUT2D eigenvalue weighted by Crippen LogP contribution is 2.38. The van der Waals surface area contributed by atoms with E-state index >= 15 is 0 Å². The molecule has 12 aromatic rings. The molecule has 308 valence electrons. The summed E-state index contributed by atoms with van der Waals surface area (Å²) < 4.78 is 4.80. The van der Waals surface area contributed by atoms with E-state index in [9.17, 15) is 0 Å². The molecule has 12 rings (SSSR count). The summed E-state index contributed by atoms with van der Waals surface area (Å²) in [5.41, 5.74) is 20.5. The van der Waals surface area contributed by atoms with E-state index in [0.29, 0.717) is 0 Å². The topological polar surface area (TPSA) is 35.6 Å². The Labute approximate surface area is 378 Å². The lowest BCUT2D eigenvalue weighted by atomic mass is 9.94. The second kappa shape index (κ2) is 15.5. The van der Waals surface area contributed by atoms with Crippen molar-refractivity contribution < 1.29 is 0 Å². The molecule has 0 atom stereocenters. The lowest BCUT2D eigenvalue weighted by Gasteiger charge is -2.13. The molecule has 4 nitrogen and oxygen atoms in total. The molecule has 9 aromatic carbocycles. The zero-order chi connectivity index (χ0) is 43.6. The number of fused-ring (bicyclic) bond motifs is 6. The molecule has 0 saturated heterocycles. The Kier molecular flexibility index (Phi) is 9.13. The quantitative estimate of drug-likeness (QED) is 0.160. The summed E-state index contributed by atoms with van der Waals surface area (Å²) in [6.07, 6.45) is 0. The minimum Gasteiger partial charge on any atom is -0.309 e. The van der Waals surface area contributed by atoms with E-state index in [-0.39, 0.29) is 0 Å². The first-order valence-corrected chi connectivity index (χ1v) is 22.3. The average Bonchev–Trinajstić information content (AvgIpc) is 3.87. The minimum atomic E-state index is 0.724. The van der Waals surface area contributed by atoms with E-state index in [1.165, 1.54) is 82.6 Å². The number of hydrogen-bond acceptors (Lipinski definition) is 2. The van der Waals surface area contributed by atoms with Crippen molar-refractivity contribution >= 4 is 43.6 Å². The van der Waals surface area contributed by atoms with Crippen molar-refractivity contribution in [1.82, 2.24) is 19.1 Å². The lowest BCUT2D eigenvalue weighted by molar-refractivity contribution is 1.17. The van der Waals surface area contributed by atoms with Gasteiger partial charge in [-0.15, -0.1) is 0 Å². The first-order valence-electron chi connectivity index (χ1n) is 22.3. The largest absolute Gasteiger partial charge is 0.309 e. The van der Waals surface area contributed by atoms with Gasteiger partial charge in [-0.2, -0.15) is 0 Å². The third-order valence-electron chi connectivity index (χ3n) is 13.1. The molecule has 0 spiro atoms. The number of aromatic nitrogens is 4. The van der Waals surface area contributed by atoms with Crippen LogP contribution < -0.4 is 0 Å². The minimum absolute atomic E-state index is 0.724. The molecule has 0 saturated carbocycles. The van der Waals surface area contributed by atoms with Crippen molar-refractivity contribution in [1.29, 1.82) is 0 Å². The second-order valence-corrected chi connectivity index (χ2v) is 17.3. The summed E-state index contributed by atoms with van der Waals surface area (Å²) in [6, 6.07) is 76.8. The Bertz CT molecular complexity index is 3640. The van der Waals surface area contributed by atoms with Crippen molar-refractivity contribution in [3.8, 4) is 67.5 Å². The predicted octanol–water partition coefficient (Wildman–Crippen LogP) is 15.9. The van der Waals surface area contributed by atoms with Gasteiger partial charge in [0.15, 0.2) is 5.82 Å². The van der Waals surface area contributed by atoms with Gasteiger partial charge in [-0.05, 0) is 103 Å². The summed E-state index contributed by atoms with van der Waals surface area (Å²) >= 11 is 0. The van der Waals surface area contributed by atoms with E-state index in [0.717, 1.165) is 45.3 Å². The zero-order valence-electron chi connectivity index (χ0n) is 36.5. The highest BCUT2D eigenvalue weighted by atomic mass is 15.0. The van der Waals surface area contributed by atoms with Crippen molar-refractivity contribution in [3.63, 3.8) is 0 Å². The van der Waals surface area contributed by atoms with E-state index in [1.54, 1.807) is 0 Å². The van der Waals surface area contributed by atoms with Gasteiger partial charge >= 0.3 is 0 Å². The molecule has 0 unspecified atom stereocenters. The normalized spacial score (nSPS) is 11.6. The molecule has 3 heterocycles. The van der Waals surface area contributed by atoms with Gasteiger partial charge in [0.2, 0.25) is 0 Å². The van der Waals surface area contributed by atoms with Crippen LogP contribution in [0.25, 0.3) is 111 Å². The molecular formula is C61H44N4. The summed E-state index contributed by atoms with van der Waals surface area (Å²) in [4.78, 5) is 10.1. The van der Waals surface area contributed by atoms with E-state index in [1.807, 2.05) is 0 Å². The smallest absolute Gasteiger partial charge is 0.160 e. The summed E-state index contributed by atoms with van der Waals surface area (Å²) in [7, 11) is 0. The molecule has 0 fully saturated rings. The van der Waals surface area contributed by atoms with Crippen molar-refractivity contribution in [2.45, 2.75) is 20.8 Å². The van der Waals surface area contributed by atoms with Crippen LogP contribution in [-0.2, 0) is 0 Å². The molecule has 0 N–H and O–H groups in total. The molecule has 0 bridgehead atoms. The van der Waals surface area contributed by atoms with Crippen molar-refractivity contribution in [3.05, 3.63) is 229 Å². The van der Waals surface area contributed by atoms with Crippen LogP contribution >= 0.6 is 0 Å². The number of para-hydroxylation sites is 3. The molecule has 4 heteroatoms. The van der Waals surface area contributed by atoms with Crippen LogP contribution in [0, 0.1) is 20.8 Å². The lowest BCUT2D eigenvalue weighted by Crippen LogP contribution is -1.96. The monoisotopic (exact) mass is 832 g/mol. The van der Waals surface area contributed by atoms with Gasteiger partial charge in [-0.25, -0.2) is 9.97 Å². The number of benzene rings is 9. The van der Waals surface area contributed by atoms with Gasteiger partial charge in [-0.1, -0.05) is 169 Å². The van der Waals surface area contributed by atoms with Crippen LogP contribution in [-0.4, -0.2) is 19.1 Å². The van der Waals surface area contributed by atoms with Crippen LogP contribution in [0.1, 0.15) is 16.7 Å². The molecule has 0 amide bonds. The predicted molar refractivity (Wildman–Crippen MR) is 272 cm³/mol.